The summed E-state index contributed by atoms with van der Waals surface area (Å²) in [4.78, 5) is 4.07. The van der Waals surface area contributed by atoms with Crippen LogP contribution in [0, 0.1) is 11.3 Å². The van der Waals surface area contributed by atoms with Gasteiger partial charge >= 0.3 is 0 Å². The normalized spacial score (nSPS) is 13.4. The van der Waals surface area contributed by atoms with Crippen LogP contribution >= 0.6 is 0 Å². The molecule has 2 aromatic heterocycles. The van der Waals surface area contributed by atoms with Gasteiger partial charge in [-0.15, -0.1) is 0 Å². The summed E-state index contributed by atoms with van der Waals surface area (Å²) in [7, 11) is 0. The van der Waals surface area contributed by atoms with Crippen LogP contribution in [0.25, 0.3) is 60.6 Å². The number of benzene rings is 5. The fourth-order valence-electron chi connectivity index (χ4n) is 8.17. The minimum absolute atomic E-state index is 0.0300. The Hall–Kier alpha value is -5.66. The largest absolute Gasteiger partial charge is 0.308 e. The lowest BCUT2D eigenvalue weighted by atomic mass is 9.85. The molecule has 0 bridgehead atoms. The Morgan fingerprint density at radius 2 is 0.860 bits per heavy atom. The van der Waals surface area contributed by atoms with Gasteiger partial charge in [0.2, 0.25) is 0 Å². The Kier molecular flexibility index (Phi) is 9.56. The molecule has 0 aliphatic carbocycles. The van der Waals surface area contributed by atoms with E-state index in [4.69, 9.17) is 0 Å². The van der Waals surface area contributed by atoms with E-state index in [9.17, 15) is 5.26 Å². The lowest BCUT2D eigenvalue weighted by Crippen LogP contribution is -2.11. The number of aliphatic imine (C=N–C) groups is 1. The molecule has 0 saturated carbocycles. The van der Waals surface area contributed by atoms with Crippen LogP contribution in [0.5, 0.6) is 0 Å². The number of allylic oxidation sites excluding steroid dienone is 3. The molecule has 7 rings (SSSR count). The highest BCUT2D eigenvalue weighted by Gasteiger charge is 2.26. The minimum atomic E-state index is -0.0300. The van der Waals surface area contributed by atoms with Crippen LogP contribution in [0.3, 0.4) is 0 Å². The molecule has 5 aromatic carbocycles. The quantitative estimate of drug-likeness (QED) is 0.128. The third kappa shape index (κ3) is 6.92. The van der Waals surface area contributed by atoms with Gasteiger partial charge in [-0.25, -0.2) is 0 Å². The molecule has 0 aliphatic rings. The molecule has 0 N–H and O–H groups in total. The zero-order chi connectivity index (χ0) is 41.4. The van der Waals surface area contributed by atoms with E-state index in [-0.39, 0.29) is 21.7 Å². The molecule has 4 nitrogen and oxygen atoms in total. The highest BCUT2D eigenvalue weighted by atomic mass is 15.0. The van der Waals surface area contributed by atoms with Crippen LogP contribution in [0.15, 0.2) is 108 Å². The van der Waals surface area contributed by atoms with E-state index in [0.717, 1.165) is 44.6 Å². The molecule has 0 aliphatic heterocycles. The monoisotopic (exact) mass is 750 g/mol. The van der Waals surface area contributed by atoms with Crippen LogP contribution in [-0.4, -0.2) is 15.9 Å². The van der Waals surface area contributed by atoms with E-state index < -0.39 is 0 Å². The Morgan fingerprint density at radius 3 is 1.11 bits per heavy atom. The van der Waals surface area contributed by atoms with E-state index in [2.05, 4.69) is 201 Å². The lowest BCUT2D eigenvalue weighted by Gasteiger charge is -2.21. The fraction of sp³-hybridized carbons (Fsp3) is 0.321. The first kappa shape index (κ1) is 39.6. The second kappa shape index (κ2) is 13.8. The molecule has 0 unspecified atom stereocenters. The molecule has 0 saturated heterocycles. The molecule has 4 heteroatoms. The number of fused-ring (bicyclic) bond motifs is 6. The number of aromatic nitrogens is 2. The van der Waals surface area contributed by atoms with Crippen molar-refractivity contribution >= 4 is 55.9 Å². The number of hydrogen-bond acceptors (Lipinski definition) is 2. The minimum Gasteiger partial charge on any atom is -0.308 e. The number of nitrogens with zero attached hydrogens (tertiary/aromatic N) is 4. The maximum Gasteiger partial charge on any atom is 0.104 e. The molecule has 290 valence electrons. The van der Waals surface area contributed by atoms with Crippen molar-refractivity contribution in [2.75, 3.05) is 0 Å². The van der Waals surface area contributed by atoms with Gasteiger partial charge < -0.3 is 9.13 Å². The molecule has 0 atom stereocenters. The van der Waals surface area contributed by atoms with Crippen molar-refractivity contribution in [3.05, 3.63) is 137 Å². The first-order valence-electron chi connectivity index (χ1n) is 20.2. The van der Waals surface area contributed by atoms with Crippen molar-refractivity contribution in [1.82, 2.24) is 9.13 Å². The van der Waals surface area contributed by atoms with Gasteiger partial charge in [0.05, 0.1) is 33.4 Å². The van der Waals surface area contributed by atoms with Gasteiger partial charge in [-0.05, 0) is 135 Å². The van der Waals surface area contributed by atoms with Crippen LogP contribution in [-0.2, 0) is 21.7 Å². The van der Waals surface area contributed by atoms with Gasteiger partial charge in [-0.1, -0.05) is 113 Å². The molecule has 0 spiro atoms. The van der Waals surface area contributed by atoms with Gasteiger partial charge in [-0.3, -0.25) is 4.99 Å². The summed E-state index contributed by atoms with van der Waals surface area (Å²) in [6.07, 6.45) is 5.83. The summed E-state index contributed by atoms with van der Waals surface area (Å²) in [6.45, 7) is 33.0. The van der Waals surface area contributed by atoms with Crippen LogP contribution in [0.4, 0.5) is 0 Å². The maximum absolute atomic E-state index is 11.5. The maximum atomic E-state index is 11.5. The van der Waals surface area contributed by atoms with Gasteiger partial charge in [0.1, 0.15) is 11.6 Å². The van der Waals surface area contributed by atoms with Crippen molar-refractivity contribution in [1.29, 1.82) is 5.26 Å². The molecule has 2 heterocycles. The summed E-state index contributed by atoms with van der Waals surface area (Å²) in [5, 5.41) is 16.2. The van der Waals surface area contributed by atoms with Crippen LogP contribution in [0.2, 0.25) is 0 Å². The molecule has 0 amide bonds. The summed E-state index contributed by atoms with van der Waals surface area (Å²) in [5.74, 6) is 0. The van der Waals surface area contributed by atoms with Gasteiger partial charge in [0.25, 0.3) is 0 Å². The molecular formula is C53H58N4. The first-order valence-corrected chi connectivity index (χ1v) is 20.2. The Balaban J connectivity index is 1.68. The van der Waals surface area contributed by atoms with Crippen molar-refractivity contribution in [2.24, 2.45) is 4.99 Å². The van der Waals surface area contributed by atoms with E-state index in [1.54, 1.807) is 6.20 Å². The summed E-state index contributed by atoms with van der Waals surface area (Å²) in [6, 6.07) is 34.6. The predicted molar refractivity (Wildman–Crippen MR) is 247 cm³/mol. The van der Waals surface area contributed by atoms with Crippen molar-refractivity contribution < 1.29 is 0 Å². The highest BCUT2D eigenvalue weighted by molar-refractivity contribution is 6.12. The zero-order valence-corrected chi connectivity index (χ0v) is 36.3. The topological polar surface area (TPSA) is 46.0 Å². The second-order valence-corrected chi connectivity index (χ2v) is 19.8. The highest BCUT2D eigenvalue weighted by Crippen LogP contribution is 2.43. The lowest BCUT2D eigenvalue weighted by molar-refractivity contribution is 0.590. The van der Waals surface area contributed by atoms with E-state index in [1.807, 2.05) is 13.0 Å². The predicted octanol–water partition coefficient (Wildman–Crippen LogP) is 14.6. The third-order valence-corrected chi connectivity index (χ3v) is 11.7. The summed E-state index contributed by atoms with van der Waals surface area (Å²) >= 11 is 0. The first-order chi connectivity index (χ1) is 26.7. The molecule has 0 fully saturated rings. The van der Waals surface area contributed by atoms with Crippen LogP contribution in [0.1, 0.15) is 123 Å². The Labute approximate surface area is 339 Å². The van der Waals surface area contributed by atoms with Gasteiger partial charge in [0.15, 0.2) is 0 Å². The van der Waals surface area contributed by atoms with Crippen molar-refractivity contribution in [2.45, 2.75) is 112 Å². The Morgan fingerprint density at radius 1 is 0.544 bits per heavy atom. The average Bonchev–Trinajstić information content (AvgIpc) is 3.64. The number of nitriles is 1. The van der Waals surface area contributed by atoms with Gasteiger partial charge in [-0.2, -0.15) is 5.26 Å². The van der Waals surface area contributed by atoms with E-state index in [0.29, 0.717) is 5.56 Å². The number of hydrogen-bond donors (Lipinski definition) is 0. The summed E-state index contributed by atoms with van der Waals surface area (Å²) < 4.78 is 4.64. The molecule has 7 aromatic rings. The SMILES string of the molecule is C=N/C=C\C(=C/C)c1cc(-n2c3ccc(C(C)(C)C)cc3c3cc(C(C)(C)C)ccc32)c(C#N)c(-n2c3ccc(C(C)(C)C)cc3c3cc(C(C)(C)C)ccc32)c1. The van der Waals surface area contributed by atoms with Gasteiger partial charge in [0, 0.05) is 27.7 Å². The summed E-state index contributed by atoms with van der Waals surface area (Å²) in [5.41, 5.74) is 13.5. The smallest absolute Gasteiger partial charge is 0.104 e. The van der Waals surface area contributed by atoms with E-state index >= 15 is 0 Å². The zero-order valence-electron chi connectivity index (χ0n) is 36.3. The average molecular weight is 751 g/mol. The van der Waals surface area contributed by atoms with Crippen molar-refractivity contribution in [3.63, 3.8) is 0 Å². The molecule has 0 radical (unpaired) electrons. The standard InChI is InChI=1S/C53H58N4/c1-15-33(24-25-55-14)34-26-48(56-44-20-16-35(50(2,3)4)28-39(44)40-29-36(51(5,6)7)17-21-45(40)56)43(32-54)49(27-34)57-46-22-18-37(52(8,9)10)30-41(46)42-31-38(53(11,12)13)19-23-47(42)57/h15-31H,14H2,1-13H3/b25-24-,33-15+. The molecule has 57 heavy (non-hydrogen) atoms. The fourth-order valence-corrected chi connectivity index (χ4v) is 8.17. The van der Waals surface area contributed by atoms with Crippen LogP contribution < -0.4 is 0 Å². The number of rotatable bonds is 5. The third-order valence-electron chi connectivity index (χ3n) is 11.7. The van der Waals surface area contributed by atoms with Crippen molar-refractivity contribution in [3.8, 4) is 17.4 Å². The van der Waals surface area contributed by atoms with E-state index in [1.165, 1.54) is 43.8 Å². The Bertz CT molecular complexity index is 2540. The molecular weight excluding hydrogens is 693 g/mol. The second-order valence-electron chi connectivity index (χ2n) is 19.8.